The molecular formula is C17H22ClIN6. The number of imidazole rings is 1. The summed E-state index contributed by atoms with van der Waals surface area (Å²) in [6.45, 7) is 1.33. The number of hydrogen-bond acceptors (Lipinski definition) is 2. The minimum absolute atomic E-state index is 0. The standard InChI is InChI=1S/C17H21ClN6.HI/c1-19-17(23(3)12-15-8-13(18)10-22(15)2)20-9-14-11-24-7-5-4-6-16(24)21-14;/h4-8,10-11H,9,12H2,1-3H3,(H,19,20);1H. The number of aryl methyl sites for hydroxylation is 1. The Labute approximate surface area is 169 Å². The Hall–Kier alpha value is -1.74. The summed E-state index contributed by atoms with van der Waals surface area (Å²) in [6, 6.07) is 7.93. The molecule has 3 heterocycles. The third-order valence-corrected chi connectivity index (χ3v) is 4.10. The van der Waals surface area contributed by atoms with Crippen LogP contribution in [0.3, 0.4) is 0 Å². The number of aliphatic imine (C=N–C) groups is 1. The molecule has 0 atom stereocenters. The lowest BCUT2D eigenvalue weighted by Gasteiger charge is -2.22. The van der Waals surface area contributed by atoms with Crippen molar-refractivity contribution in [2.75, 3.05) is 14.1 Å². The van der Waals surface area contributed by atoms with Crippen LogP contribution in [0.5, 0.6) is 0 Å². The molecule has 3 aromatic rings. The van der Waals surface area contributed by atoms with Crippen LogP contribution in [0.1, 0.15) is 11.4 Å². The molecule has 0 aliphatic rings. The quantitative estimate of drug-likeness (QED) is 0.361. The molecule has 0 saturated carbocycles. The molecule has 0 bridgehead atoms. The number of pyridine rings is 1. The summed E-state index contributed by atoms with van der Waals surface area (Å²) in [5, 5.41) is 4.09. The zero-order valence-electron chi connectivity index (χ0n) is 14.5. The van der Waals surface area contributed by atoms with Crippen molar-refractivity contribution in [2.45, 2.75) is 13.1 Å². The molecule has 0 aliphatic heterocycles. The van der Waals surface area contributed by atoms with Gasteiger partial charge in [0.25, 0.3) is 0 Å². The first-order valence-electron chi connectivity index (χ1n) is 7.72. The number of aromatic nitrogens is 3. The summed E-state index contributed by atoms with van der Waals surface area (Å²) in [7, 11) is 5.77. The van der Waals surface area contributed by atoms with Crippen LogP contribution in [0.4, 0.5) is 0 Å². The van der Waals surface area contributed by atoms with Crippen molar-refractivity contribution < 1.29 is 0 Å². The summed E-state index contributed by atoms with van der Waals surface area (Å²) in [5.74, 6) is 0.810. The van der Waals surface area contributed by atoms with E-state index in [1.807, 2.05) is 65.9 Å². The minimum Gasteiger partial charge on any atom is -0.351 e. The van der Waals surface area contributed by atoms with E-state index < -0.39 is 0 Å². The van der Waals surface area contributed by atoms with Crippen molar-refractivity contribution in [3.63, 3.8) is 0 Å². The Balaban J connectivity index is 0.00000225. The van der Waals surface area contributed by atoms with Gasteiger partial charge in [0.15, 0.2) is 5.96 Å². The monoisotopic (exact) mass is 472 g/mol. The molecule has 0 aromatic carbocycles. The van der Waals surface area contributed by atoms with Crippen LogP contribution in [-0.2, 0) is 20.1 Å². The molecule has 3 aromatic heterocycles. The SMILES string of the molecule is CN=C(NCc1cn2ccccc2n1)N(C)Cc1cc(Cl)cn1C.I. The minimum atomic E-state index is 0. The molecule has 0 radical (unpaired) electrons. The Morgan fingerprint density at radius 2 is 2.16 bits per heavy atom. The number of guanidine groups is 1. The van der Waals surface area contributed by atoms with E-state index in [1.165, 1.54) is 0 Å². The molecule has 3 rings (SSSR count). The van der Waals surface area contributed by atoms with Crippen LogP contribution in [0.25, 0.3) is 5.65 Å². The third kappa shape index (κ3) is 4.66. The molecule has 1 N–H and O–H groups in total. The van der Waals surface area contributed by atoms with Crippen LogP contribution >= 0.6 is 35.6 Å². The number of fused-ring (bicyclic) bond motifs is 1. The zero-order valence-corrected chi connectivity index (χ0v) is 17.6. The molecule has 0 spiro atoms. The van der Waals surface area contributed by atoms with E-state index in [1.54, 1.807) is 7.05 Å². The molecule has 0 saturated heterocycles. The summed E-state index contributed by atoms with van der Waals surface area (Å²) in [5.41, 5.74) is 3.03. The van der Waals surface area contributed by atoms with Gasteiger partial charge in [-0.3, -0.25) is 4.99 Å². The molecular weight excluding hydrogens is 451 g/mol. The molecule has 134 valence electrons. The highest BCUT2D eigenvalue weighted by atomic mass is 127. The van der Waals surface area contributed by atoms with Crippen LogP contribution in [0.2, 0.25) is 5.02 Å². The van der Waals surface area contributed by atoms with Crippen molar-refractivity contribution in [1.29, 1.82) is 0 Å². The number of hydrogen-bond donors (Lipinski definition) is 1. The van der Waals surface area contributed by atoms with Gasteiger partial charge in [0.1, 0.15) is 5.65 Å². The predicted octanol–water partition coefficient (Wildman–Crippen LogP) is 3.15. The molecule has 0 unspecified atom stereocenters. The largest absolute Gasteiger partial charge is 0.351 e. The Kier molecular flexibility index (Phi) is 6.71. The van der Waals surface area contributed by atoms with Crippen LogP contribution in [0, 0.1) is 0 Å². The van der Waals surface area contributed by atoms with Gasteiger partial charge in [-0.15, -0.1) is 24.0 Å². The first kappa shape index (κ1) is 19.6. The van der Waals surface area contributed by atoms with Gasteiger partial charge in [-0.2, -0.15) is 0 Å². The molecule has 0 fully saturated rings. The lowest BCUT2D eigenvalue weighted by atomic mass is 10.4. The maximum atomic E-state index is 6.05. The van der Waals surface area contributed by atoms with Crippen molar-refractivity contribution >= 4 is 47.2 Å². The van der Waals surface area contributed by atoms with Crippen molar-refractivity contribution in [2.24, 2.45) is 12.0 Å². The second-order valence-corrected chi connectivity index (χ2v) is 6.15. The van der Waals surface area contributed by atoms with Crippen molar-refractivity contribution in [1.82, 2.24) is 24.2 Å². The van der Waals surface area contributed by atoms with Gasteiger partial charge in [-0.1, -0.05) is 17.7 Å². The van der Waals surface area contributed by atoms with Gasteiger partial charge in [0.2, 0.25) is 0 Å². The number of halogens is 2. The van der Waals surface area contributed by atoms with E-state index in [0.29, 0.717) is 13.1 Å². The summed E-state index contributed by atoms with van der Waals surface area (Å²) in [4.78, 5) is 11.0. The van der Waals surface area contributed by atoms with E-state index in [4.69, 9.17) is 11.6 Å². The highest BCUT2D eigenvalue weighted by Gasteiger charge is 2.10. The molecule has 0 amide bonds. The zero-order chi connectivity index (χ0) is 17.1. The normalized spacial score (nSPS) is 11.4. The van der Waals surface area contributed by atoms with Crippen LogP contribution in [-0.4, -0.2) is 38.9 Å². The lowest BCUT2D eigenvalue weighted by molar-refractivity contribution is 0.461. The maximum Gasteiger partial charge on any atom is 0.194 e. The third-order valence-electron chi connectivity index (χ3n) is 3.89. The van der Waals surface area contributed by atoms with Crippen molar-refractivity contribution in [3.8, 4) is 0 Å². The molecule has 25 heavy (non-hydrogen) atoms. The lowest BCUT2D eigenvalue weighted by Crippen LogP contribution is -2.38. The first-order chi connectivity index (χ1) is 11.6. The highest BCUT2D eigenvalue weighted by molar-refractivity contribution is 14.0. The average molecular weight is 473 g/mol. The van der Waals surface area contributed by atoms with E-state index in [2.05, 4.69) is 20.2 Å². The van der Waals surface area contributed by atoms with Gasteiger partial charge in [-0.05, 0) is 18.2 Å². The van der Waals surface area contributed by atoms with Gasteiger partial charge < -0.3 is 19.2 Å². The fourth-order valence-corrected chi connectivity index (χ4v) is 2.94. The first-order valence-corrected chi connectivity index (χ1v) is 8.10. The van der Waals surface area contributed by atoms with Crippen LogP contribution < -0.4 is 5.32 Å². The summed E-state index contributed by atoms with van der Waals surface area (Å²) >= 11 is 6.05. The van der Waals surface area contributed by atoms with E-state index in [0.717, 1.165) is 28.0 Å². The van der Waals surface area contributed by atoms with Crippen molar-refractivity contribution in [3.05, 3.63) is 59.3 Å². The Morgan fingerprint density at radius 1 is 1.36 bits per heavy atom. The second-order valence-electron chi connectivity index (χ2n) is 5.72. The number of nitrogens with zero attached hydrogens (tertiary/aromatic N) is 5. The smallest absolute Gasteiger partial charge is 0.194 e. The Morgan fingerprint density at radius 3 is 2.80 bits per heavy atom. The Bertz CT molecular complexity index is 836. The number of rotatable bonds is 4. The predicted molar refractivity (Wildman–Crippen MR) is 113 cm³/mol. The molecule has 0 aliphatic carbocycles. The van der Waals surface area contributed by atoms with Gasteiger partial charge >= 0.3 is 0 Å². The van der Waals surface area contributed by atoms with Gasteiger partial charge in [0, 0.05) is 45.4 Å². The van der Waals surface area contributed by atoms with E-state index >= 15 is 0 Å². The highest BCUT2D eigenvalue weighted by Crippen LogP contribution is 2.14. The van der Waals surface area contributed by atoms with Gasteiger partial charge in [0.05, 0.1) is 23.8 Å². The topological polar surface area (TPSA) is 49.9 Å². The molecule has 6 nitrogen and oxygen atoms in total. The van der Waals surface area contributed by atoms with Crippen LogP contribution in [0.15, 0.2) is 47.8 Å². The van der Waals surface area contributed by atoms with Gasteiger partial charge in [-0.25, -0.2) is 4.98 Å². The number of nitrogens with one attached hydrogen (secondary N) is 1. The van der Waals surface area contributed by atoms with E-state index in [9.17, 15) is 0 Å². The molecule has 8 heteroatoms. The summed E-state index contributed by atoms with van der Waals surface area (Å²) < 4.78 is 4.03. The fraction of sp³-hybridized carbons (Fsp3) is 0.294. The second kappa shape index (κ2) is 8.57. The fourth-order valence-electron chi connectivity index (χ4n) is 2.67. The summed E-state index contributed by atoms with van der Waals surface area (Å²) in [6.07, 6.45) is 5.91. The van der Waals surface area contributed by atoms with E-state index in [-0.39, 0.29) is 24.0 Å². The average Bonchev–Trinajstić information content (AvgIpc) is 3.10. The maximum absolute atomic E-state index is 6.05.